The molecular formula is C30H33N3O2S. The Kier molecular flexibility index (Phi) is 5.42. The number of thiazole rings is 1. The Morgan fingerprint density at radius 2 is 1.67 bits per heavy atom. The number of carbonyl (C=O) groups excluding carboxylic acids is 2. The van der Waals surface area contributed by atoms with Crippen LogP contribution in [-0.4, -0.2) is 28.2 Å². The number of hydrogen-bond donors (Lipinski definition) is 1. The highest BCUT2D eigenvalue weighted by molar-refractivity contribution is 7.18. The zero-order chi connectivity index (χ0) is 24.3. The van der Waals surface area contributed by atoms with Gasteiger partial charge in [0, 0.05) is 24.1 Å². The lowest BCUT2D eigenvalue weighted by Crippen LogP contribution is -2.53. The van der Waals surface area contributed by atoms with Gasteiger partial charge in [0.25, 0.3) is 5.91 Å². The largest absolute Gasteiger partial charge is 0.352 e. The second kappa shape index (κ2) is 8.69. The van der Waals surface area contributed by atoms with Gasteiger partial charge in [-0.1, -0.05) is 24.3 Å². The van der Waals surface area contributed by atoms with Crippen molar-refractivity contribution in [3.8, 4) is 0 Å². The van der Waals surface area contributed by atoms with Gasteiger partial charge in [-0.05, 0) is 98.9 Å². The lowest BCUT2D eigenvalue weighted by molar-refractivity contribution is -0.146. The fourth-order valence-electron chi connectivity index (χ4n) is 7.99. The maximum Gasteiger partial charge on any atom is 0.254 e. The number of nitrogens with one attached hydrogen (secondary N) is 1. The molecule has 5 aliphatic rings. The Morgan fingerprint density at radius 1 is 0.972 bits per heavy atom. The molecule has 186 valence electrons. The van der Waals surface area contributed by atoms with E-state index in [1.54, 1.807) is 11.3 Å². The molecule has 4 bridgehead atoms. The number of likely N-dealkylation sites (tertiary alicyclic amines) is 1. The zero-order valence-electron chi connectivity index (χ0n) is 20.6. The number of aromatic nitrogens is 1. The van der Waals surface area contributed by atoms with E-state index in [0.717, 1.165) is 72.5 Å². The lowest BCUT2D eigenvalue weighted by Gasteiger charge is -2.55. The average molecular weight is 500 g/mol. The molecule has 2 heterocycles. The van der Waals surface area contributed by atoms with Crippen molar-refractivity contribution in [2.24, 2.45) is 23.2 Å². The highest BCUT2D eigenvalue weighted by atomic mass is 32.1. The van der Waals surface area contributed by atoms with Gasteiger partial charge in [-0.25, -0.2) is 4.98 Å². The minimum atomic E-state index is -0.115. The van der Waals surface area contributed by atoms with Crippen LogP contribution >= 0.6 is 11.3 Å². The molecule has 2 amide bonds. The Morgan fingerprint density at radius 3 is 2.36 bits per heavy atom. The molecule has 2 aromatic carbocycles. The summed E-state index contributed by atoms with van der Waals surface area (Å²) in [7, 11) is 0. The van der Waals surface area contributed by atoms with Crippen molar-refractivity contribution in [3.63, 3.8) is 0 Å². The first-order valence-electron chi connectivity index (χ1n) is 13.6. The van der Waals surface area contributed by atoms with Crippen molar-refractivity contribution in [3.05, 3.63) is 64.7 Å². The maximum atomic E-state index is 13.4. The summed E-state index contributed by atoms with van der Waals surface area (Å²) in [5, 5.41) is 4.29. The van der Waals surface area contributed by atoms with E-state index in [4.69, 9.17) is 4.98 Å². The number of carbonyl (C=O) groups is 2. The molecular weight excluding hydrogens is 466 g/mol. The van der Waals surface area contributed by atoms with Gasteiger partial charge in [0.05, 0.1) is 16.3 Å². The van der Waals surface area contributed by atoms with E-state index in [1.807, 2.05) is 47.4 Å². The zero-order valence-corrected chi connectivity index (χ0v) is 21.4. The van der Waals surface area contributed by atoms with Crippen LogP contribution in [0.15, 0.2) is 48.5 Å². The summed E-state index contributed by atoms with van der Waals surface area (Å²) in [5.41, 5.74) is 2.65. The summed E-state index contributed by atoms with van der Waals surface area (Å²) in [6.07, 6.45) is 9.26. The van der Waals surface area contributed by atoms with Crippen molar-refractivity contribution in [2.75, 3.05) is 6.54 Å². The second-order valence-electron chi connectivity index (χ2n) is 11.8. The minimum absolute atomic E-state index is 0.0501. The molecule has 1 saturated heterocycles. The van der Waals surface area contributed by atoms with Gasteiger partial charge in [0.1, 0.15) is 5.01 Å². The van der Waals surface area contributed by atoms with Crippen LogP contribution in [0.2, 0.25) is 0 Å². The normalized spacial score (nSPS) is 30.7. The molecule has 8 rings (SSSR count). The molecule has 6 heteroatoms. The topological polar surface area (TPSA) is 62.3 Å². The third-order valence-electron chi connectivity index (χ3n) is 9.28. The van der Waals surface area contributed by atoms with Gasteiger partial charge in [-0.3, -0.25) is 9.59 Å². The Labute approximate surface area is 216 Å². The fraction of sp³-hybridized carbons (Fsp3) is 0.500. The highest BCUT2D eigenvalue weighted by Crippen LogP contribution is 2.60. The van der Waals surface area contributed by atoms with E-state index in [0.29, 0.717) is 12.1 Å². The highest BCUT2D eigenvalue weighted by Gasteiger charge is 2.54. The third-order valence-corrected chi connectivity index (χ3v) is 10.4. The van der Waals surface area contributed by atoms with Crippen molar-refractivity contribution in [1.82, 2.24) is 15.2 Å². The van der Waals surface area contributed by atoms with Crippen molar-refractivity contribution in [2.45, 2.75) is 64.0 Å². The molecule has 0 radical (unpaired) electrons. The summed E-state index contributed by atoms with van der Waals surface area (Å²) in [4.78, 5) is 33.5. The summed E-state index contributed by atoms with van der Waals surface area (Å²) in [5.74, 6) is 2.64. The molecule has 0 spiro atoms. The van der Waals surface area contributed by atoms with E-state index in [2.05, 4.69) is 11.4 Å². The second-order valence-corrected chi connectivity index (χ2v) is 12.8. The standard InChI is InChI=1S/C30H33N3O2S/c34-28(33-11-3-5-25(33)27-32-24-4-1-2-6-26(24)36-27)23-9-7-19(8-10-23)18-31-29(35)30-15-20-12-21(16-30)14-22(13-20)17-30/h1-2,4,6-10,20-22,25H,3,5,11-18H2,(H,31,35). The van der Waals surface area contributed by atoms with Crippen LogP contribution in [0.5, 0.6) is 0 Å². The number of para-hydroxylation sites is 1. The Balaban J connectivity index is 1.01. The quantitative estimate of drug-likeness (QED) is 0.461. The summed E-state index contributed by atoms with van der Waals surface area (Å²) in [6, 6.07) is 16.1. The summed E-state index contributed by atoms with van der Waals surface area (Å²) < 4.78 is 1.17. The first-order chi connectivity index (χ1) is 17.6. The average Bonchev–Trinajstić information content (AvgIpc) is 3.53. The van der Waals surface area contributed by atoms with Gasteiger partial charge in [0.2, 0.25) is 5.91 Å². The number of nitrogens with zero attached hydrogens (tertiary/aromatic N) is 2. The Bertz CT molecular complexity index is 1240. The van der Waals surface area contributed by atoms with Crippen LogP contribution in [0, 0.1) is 23.2 Å². The molecule has 36 heavy (non-hydrogen) atoms. The molecule has 1 aromatic heterocycles. The number of hydrogen-bond acceptors (Lipinski definition) is 4. The summed E-state index contributed by atoms with van der Waals surface area (Å²) in [6.45, 7) is 1.30. The number of fused-ring (bicyclic) bond motifs is 1. The van der Waals surface area contributed by atoms with Crippen molar-refractivity contribution >= 4 is 33.4 Å². The van der Waals surface area contributed by atoms with Crippen molar-refractivity contribution < 1.29 is 9.59 Å². The van der Waals surface area contributed by atoms with E-state index in [9.17, 15) is 9.59 Å². The van der Waals surface area contributed by atoms with E-state index in [1.165, 1.54) is 24.0 Å². The van der Waals surface area contributed by atoms with Gasteiger partial charge in [-0.15, -0.1) is 11.3 Å². The lowest BCUT2D eigenvalue weighted by atomic mass is 9.49. The fourth-order valence-corrected chi connectivity index (χ4v) is 9.10. The third kappa shape index (κ3) is 3.85. The molecule has 1 atom stereocenters. The predicted octanol–water partition coefficient (Wildman–Crippen LogP) is 6.11. The van der Waals surface area contributed by atoms with Crippen LogP contribution in [0.25, 0.3) is 10.2 Å². The van der Waals surface area contributed by atoms with Crippen LogP contribution in [0.1, 0.15) is 78.3 Å². The molecule has 5 nitrogen and oxygen atoms in total. The SMILES string of the molecule is O=C(c1ccc(CNC(=O)C23CC4CC(CC(C4)C2)C3)cc1)N1CCCC1c1nc2ccccc2s1. The van der Waals surface area contributed by atoms with E-state index < -0.39 is 0 Å². The van der Waals surface area contributed by atoms with Crippen LogP contribution < -0.4 is 5.32 Å². The number of benzene rings is 2. The van der Waals surface area contributed by atoms with Gasteiger partial charge >= 0.3 is 0 Å². The van der Waals surface area contributed by atoms with Crippen LogP contribution in [0.4, 0.5) is 0 Å². The van der Waals surface area contributed by atoms with Crippen LogP contribution in [0.3, 0.4) is 0 Å². The molecule has 3 aromatic rings. The number of rotatable bonds is 5. The summed E-state index contributed by atoms with van der Waals surface area (Å²) >= 11 is 1.70. The van der Waals surface area contributed by atoms with Gasteiger partial charge in [-0.2, -0.15) is 0 Å². The molecule has 1 unspecified atom stereocenters. The van der Waals surface area contributed by atoms with Gasteiger partial charge in [0.15, 0.2) is 0 Å². The monoisotopic (exact) mass is 499 g/mol. The van der Waals surface area contributed by atoms with Gasteiger partial charge < -0.3 is 10.2 Å². The van der Waals surface area contributed by atoms with E-state index in [-0.39, 0.29) is 23.3 Å². The molecule has 5 fully saturated rings. The number of amides is 2. The molecule has 4 saturated carbocycles. The minimum Gasteiger partial charge on any atom is -0.352 e. The Hall–Kier alpha value is -2.73. The molecule has 1 N–H and O–H groups in total. The van der Waals surface area contributed by atoms with Crippen LogP contribution in [-0.2, 0) is 11.3 Å². The predicted molar refractivity (Wildman–Crippen MR) is 142 cm³/mol. The van der Waals surface area contributed by atoms with E-state index >= 15 is 0 Å². The first kappa shape index (κ1) is 22.5. The molecule has 1 aliphatic heterocycles. The maximum absolute atomic E-state index is 13.4. The first-order valence-corrected chi connectivity index (χ1v) is 14.4. The van der Waals surface area contributed by atoms with Crippen molar-refractivity contribution in [1.29, 1.82) is 0 Å². The molecule has 4 aliphatic carbocycles. The smallest absolute Gasteiger partial charge is 0.254 e.